The van der Waals surface area contributed by atoms with Crippen LogP contribution in [-0.4, -0.2) is 29.8 Å². The highest BCUT2D eigenvalue weighted by Crippen LogP contribution is 2.14. The van der Waals surface area contributed by atoms with E-state index in [1.165, 1.54) is 0 Å². The molecule has 106 valence electrons. The van der Waals surface area contributed by atoms with E-state index in [9.17, 15) is 9.90 Å². The molecule has 0 heterocycles. The highest BCUT2D eigenvalue weighted by atomic mass is 16.5. The number of carbonyl (C=O) groups excluding carboxylic acids is 1. The first kappa shape index (κ1) is 15.5. The van der Waals surface area contributed by atoms with Crippen molar-refractivity contribution in [1.29, 1.82) is 0 Å². The molecule has 1 rings (SSSR count). The monoisotopic (exact) mass is 265 g/mol. The number of aliphatic hydroxyl groups excluding tert-OH is 1. The number of hydrogen-bond donors (Lipinski definition) is 2. The van der Waals surface area contributed by atoms with Gasteiger partial charge in [-0.3, -0.25) is 4.79 Å². The summed E-state index contributed by atoms with van der Waals surface area (Å²) in [5.74, 6) is 0.529. The number of aryl methyl sites for hydroxylation is 1. The molecule has 0 aliphatic heterocycles. The van der Waals surface area contributed by atoms with E-state index in [1.807, 2.05) is 38.1 Å². The van der Waals surface area contributed by atoms with Gasteiger partial charge in [0, 0.05) is 6.54 Å². The fraction of sp³-hybridized carbons (Fsp3) is 0.533. The van der Waals surface area contributed by atoms with Crippen molar-refractivity contribution >= 4 is 5.91 Å². The van der Waals surface area contributed by atoms with Crippen molar-refractivity contribution in [2.45, 2.75) is 45.8 Å². The number of aliphatic hydroxyl groups is 1. The van der Waals surface area contributed by atoms with Gasteiger partial charge >= 0.3 is 0 Å². The van der Waals surface area contributed by atoms with Crippen LogP contribution in [-0.2, 0) is 4.79 Å². The van der Waals surface area contributed by atoms with E-state index >= 15 is 0 Å². The molecule has 4 nitrogen and oxygen atoms in total. The van der Waals surface area contributed by atoms with Crippen molar-refractivity contribution in [2.75, 3.05) is 6.54 Å². The number of ether oxygens (including phenoxy) is 1. The zero-order chi connectivity index (χ0) is 14.3. The molecule has 1 aromatic carbocycles. The van der Waals surface area contributed by atoms with Gasteiger partial charge in [0.15, 0.2) is 6.10 Å². The first-order valence-electron chi connectivity index (χ1n) is 6.72. The summed E-state index contributed by atoms with van der Waals surface area (Å²) in [4.78, 5) is 11.8. The van der Waals surface area contributed by atoms with Gasteiger partial charge in [0.25, 0.3) is 5.91 Å². The maximum Gasteiger partial charge on any atom is 0.260 e. The maximum atomic E-state index is 11.8. The lowest BCUT2D eigenvalue weighted by Gasteiger charge is -2.15. The molecule has 1 aromatic rings. The Kier molecular flexibility index (Phi) is 6.36. The average molecular weight is 265 g/mol. The van der Waals surface area contributed by atoms with Crippen molar-refractivity contribution in [3.05, 3.63) is 29.8 Å². The number of hydrogen-bond acceptors (Lipinski definition) is 3. The van der Waals surface area contributed by atoms with Gasteiger partial charge < -0.3 is 15.2 Å². The minimum Gasteiger partial charge on any atom is -0.481 e. The zero-order valence-corrected chi connectivity index (χ0v) is 11.8. The molecule has 19 heavy (non-hydrogen) atoms. The summed E-state index contributed by atoms with van der Waals surface area (Å²) in [5.41, 5.74) is 1.09. The Morgan fingerprint density at radius 3 is 2.84 bits per heavy atom. The van der Waals surface area contributed by atoms with Gasteiger partial charge in [-0.2, -0.15) is 0 Å². The van der Waals surface area contributed by atoms with Crippen LogP contribution in [0.4, 0.5) is 0 Å². The molecule has 0 bridgehead atoms. The largest absolute Gasteiger partial charge is 0.481 e. The smallest absolute Gasteiger partial charge is 0.260 e. The Morgan fingerprint density at radius 2 is 2.21 bits per heavy atom. The highest BCUT2D eigenvalue weighted by molar-refractivity contribution is 5.80. The first-order chi connectivity index (χ1) is 9.02. The molecule has 0 spiro atoms. The van der Waals surface area contributed by atoms with Crippen molar-refractivity contribution < 1.29 is 14.6 Å². The second-order valence-electron chi connectivity index (χ2n) is 4.72. The van der Waals surface area contributed by atoms with E-state index in [2.05, 4.69) is 5.32 Å². The van der Waals surface area contributed by atoms with Crippen LogP contribution in [0, 0.1) is 6.92 Å². The van der Waals surface area contributed by atoms with Crippen molar-refractivity contribution in [3.8, 4) is 5.75 Å². The van der Waals surface area contributed by atoms with Crippen LogP contribution in [0.1, 0.15) is 32.3 Å². The lowest BCUT2D eigenvalue weighted by atomic mass is 10.2. The summed E-state index contributed by atoms with van der Waals surface area (Å²) < 4.78 is 5.57. The summed E-state index contributed by atoms with van der Waals surface area (Å²) in [6.45, 7) is 6.07. The van der Waals surface area contributed by atoms with E-state index in [0.29, 0.717) is 25.1 Å². The third-order valence-electron chi connectivity index (χ3n) is 2.92. The van der Waals surface area contributed by atoms with Crippen LogP contribution in [0.25, 0.3) is 0 Å². The molecule has 0 saturated carbocycles. The molecule has 0 aromatic heterocycles. The summed E-state index contributed by atoms with van der Waals surface area (Å²) in [6, 6.07) is 7.60. The Labute approximate surface area is 114 Å². The average Bonchev–Trinajstić information content (AvgIpc) is 2.38. The molecule has 4 heteroatoms. The number of benzene rings is 1. The second kappa shape index (κ2) is 7.79. The Bertz CT molecular complexity index is 406. The van der Waals surface area contributed by atoms with Crippen LogP contribution >= 0.6 is 0 Å². The Morgan fingerprint density at radius 1 is 1.47 bits per heavy atom. The molecule has 2 unspecified atom stereocenters. The molecule has 0 radical (unpaired) electrons. The Hall–Kier alpha value is -1.55. The molecule has 0 fully saturated rings. The van der Waals surface area contributed by atoms with Gasteiger partial charge in [-0.1, -0.05) is 19.1 Å². The van der Waals surface area contributed by atoms with Crippen molar-refractivity contribution in [1.82, 2.24) is 5.32 Å². The van der Waals surface area contributed by atoms with Crippen molar-refractivity contribution in [3.63, 3.8) is 0 Å². The summed E-state index contributed by atoms with van der Waals surface area (Å²) in [7, 11) is 0. The fourth-order valence-electron chi connectivity index (χ4n) is 1.66. The maximum absolute atomic E-state index is 11.8. The van der Waals surface area contributed by atoms with Crippen LogP contribution in [0.5, 0.6) is 5.75 Å². The predicted octanol–water partition coefficient (Wildman–Crippen LogP) is 2.04. The molecule has 0 aliphatic rings. The number of amides is 1. The van der Waals surface area contributed by atoms with Crippen molar-refractivity contribution in [2.24, 2.45) is 0 Å². The molecule has 0 aliphatic carbocycles. The second-order valence-corrected chi connectivity index (χ2v) is 4.72. The molecular formula is C15H23NO3. The molecule has 1 amide bonds. The van der Waals surface area contributed by atoms with Gasteiger partial charge in [-0.15, -0.1) is 0 Å². The lowest BCUT2D eigenvalue weighted by Crippen LogP contribution is -2.37. The minimum atomic E-state index is -0.541. The molecule has 0 saturated heterocycles. The van der Waals surface area contributed by atoms with Crippen LogP contribution in [0.15, 0.2) is 24.3 Å². The van der Waals surface area contributed by atoms with E-state index in [1.54, 1.807) is 6.92 Å². The van der Waals surface area contributed by atoms with Gasteiger partial charge in [0.1, 0.15) is 5.75 Å². The standard InChI is InChI=1S/C15H23NO3/c1-4-13(17)8-9-16-15(18)12(3)19-14-7-5-6-11(2)10-14/h5-7,10,12-13,17H,4,8-9H2,1-3H3,(H,16,18). The number of rotatable bonds is 7. The van der Waals surface area contributed by atoms with Crippen LogP contribution in [0.2, 0.25) is 0 Å². The normalized spacial score (nSPS) is 13.7. The third kappa shape index (κ3) is 5.75. The summed E-state index contributed by atoms with van der Waals surface area (Å²) in [5, 5.41) is 12.2. The number of carbonyl (C=O) groups is 1. The third-order valence-corrected chi connectivity index (χ3v) is 2.92. The fourth-order valence-corrected chi connectivity index (χ4v) is 1.66. The topological polar surface area (TPSA) is 58.6 Å². The van der Waals surface area contributed by atoms with E-state index < -0.39 is 6.10 Å². The van der Waals surface area contributed by atoms with E-state index in [-0.39, 0.29) is 12.0 Å². The lowest BCUT2D eigenvalue weighted by molar-refractivity contribution is -0.127. The van der Waals surface area contributed by atoms with Gasteiger partial charge in [-0.05, 0) is 44.4 Å². The quantitative estimate of drug-likeness (QED) is 0.793. The first-order valence-corrected chi connectivity index (χ1v) is 6.72. The van der Waals surface area contributed by atoms with E-state index in [0.717, 1.165) is 5.56 Å². The van der Waals surface area contributed by atoms with Gasteiger partial charge in [-0.25, -0.2) is 0 Å². The molecule has 2 atom stereocenters. The van der Waals surface area contributed by atoms with Crippen LogP contribution in [0.3, 0.4) is 0 Å². The summed E-state index contributed by atoms with van der Waals surface area (Å²) >= 11 is 0. The van der Waals surface area contributed by atoms with Gasteiger partial charge in [0.05, 0.1) is 6.10 Å². The summed E-state index contributed by atoms with van der Waals surface area (Å²) in [6.07, 6.45) is 0.374. The zero-order valence-electron chi connectivity index (χ0n) is 11.8. The number of nitrogens with one attached hydrogen (secondary N) is 1. The minimum absolute atomic E-state index is 0.162. The predicted molar refractivity (Wildman–Crippen MR) is 75.2 cm³/mol. The van der Waals surface area contributed by atoms with Crippen LogP contribution < -0.4 is 10.1 Å². The Balaban J connectivity index is 2.36. The molecular weight excluding hydrogens is 242 g/mol. The van der Waals surface area contributed by atoms with Gasteiger partial charge in [0.2, 0.25) is 0 Å². The van der Waals surface area contributed by atoms with E-state index in [4.69, 9.17) is 4.74 Å². The molecule has 2 N–H and O–H groups in total. The highest BCUT2D eigenvalue weighted by Gasteiger charge is 2.14. The SMILES string of the molecule is CCC(O)CCNC(=O)C(C)Oc1cccc(C)c1.